The molecule has 0 unspecified atom stereocenters. The van der Waals surface area contributed by atoms with Crippen LogP contribution in [0.5, 0.6) is 11.5 Å². The lowest BCUT2D eigenvalue weighted by Gasteiger charge is -2.09. The molecule has 90 valence electrons. The molecule has 1 aromatic carbocycles. The monoisotopic (exact) mass is 287 g/mol. The summed E-state index contributed by atoms with van der Waals surface area (Å²) < 4.78 is 11.7. The van der Waals surface area contributed by atoms with E-state index in [1.54, 1.807) is 7.11 Å². The van der Waals surface area contributed by atoms with Crippen LogP contribution in [0.4, 0.5) is 0 Å². The van der Waals surface area contributed by atoms with Gasteiger partial charge >= 0.3 is 0 Å². The van der Waals surface area contributed by atoms with Gasteiger partial charge in [0.05, 0.1) is 18.2 Å². The summed E-state index contributed by atoms with van der Waals surface area (Å²) in [7, 11) is 1.65. The van der Waals surface area contributed by atoms with Gasteiger partial charge in [-0.1, -0.05) is 0 Å². The Hall–Kier alpha value is -0.740. The van der Waals surface area contributed by atoms with Crippen molar-refractivity contribution in [2.75, 3.05) is 20.3 Å². The Kier molecular flexibility index (Phi) is 6.26. The zero-order valence-corrected chi connectivity index (χ0v) is 11.1. The van der Waals surface area contributed by atoms with E-state index >= 15 is 0 Å². The molecule has 0 atom stereocenters. The molecular weight excluding hydrogens is 270 g/mol. The summed E-state index contributed by atoms with van der Waals surface area (Å²) >= 11 is 3.45. The van der Waals surface area contributed by atoms with Crippen molar-refractivity contribution in [2.24, 2.45) is 5.73 Å². The Morgan fingerprint density at radius 2 is 2.06 bits per heavy atom. The van der Waals surface area contributed by atoms with Gasteiger partial charge in [0.2, 0.25) is 0 Å². The van der Waals surface area contributed by atoms with E-state index in [9.17, 15) is 0 Å². The molecule has 0 aromatic heterocycles. The first-order valence-electron chi connectivity index (χ1n) is 5.44. The van der Waals surface area contributed by atoms with Crippen molar-refractivity contribution in [3.8, 4) is 11.5 Å². The van der Waals surface area contributed by atoms with Gasteiger partial charge in [-0.3, -0.25) is 0 Å². The predicted octanol–water partition coefficient (Wildman–Crippen LogP) is 2.97. The van der Waals surface area contributed by atoms with E-state index in [4.69, 9.17) is 15.2 Å². The fourth-order valence-corrected chi connectivity index (χ4v) is 1.80. The van der Waals surface area contributed by atoms with Crippen LogP contribution in [0, 0.1) is 0 Å². The van der Waals surface area contributed by atoms with Gasteiger partial charge in [-0.15, -0.1) is 0 Å². The predicted molar refractivity (Wildman–Crippen MR) is 69.1 cm³/mol. The van der Waals surface area contributed by atoms with Gasteiger partial charge in [-0.2, -0.15) is 0 Å². The highest BCUT2D eigenvalue weighted by Crippen LogP contribution is 2.29. The largest absolute Gasteiger partial charge is 0.497 e. The summed E-state index contributed by atoms with van der Waals surface area (Å²) in [6, 6.07) is 5.70. The van der Waals surface area contributed by atoms with E-state index in [0.29, 0.717) is 0 Å². The zero-order chi connectivity index (χ0) is 11.8. The molecule has 0 aliphatic rings. The van der Waals surface area contributed by atoms with Gasteiger partial charge < -0.3 is 15.2 Å². The van der Waals surface area contributed by atoms with Crippen molar-refractivity contribution in [3.05, 3.63) is 22.7 Å². The van der Waals surface area contributed by atoms with Crippen LogP contribution in [0.25, 0.3) is 0 Å². The molecule has 3 nitrogen and oxygen atoms in total. The number of nitrogens with two attached hydrogens (primary N) is 1. The molecule has 0 spiro atoms. The van der Waals surface area contributed by atoms with Crippen molar-refractivity contribution in [2.45, 2.75) is 19.3 Å². The van der Waals surface area contributed by atoms with Crippen LogP contribution in [0.15, 0.2) is 22.7 Å². The van der Waals surface area contributed by atoms with E-state index in [1.165, 1.54) is 0 Å². The molecule has 0 bridgehead atoms. The molecule has 16 heavy (non-hydrogen) atoms. The highest BCUT2D eigenvalue weighted by molar-refractivity contribution is 9.10. The van der Waals surface area contributed by atoms with Crippen LogP contribution >= 0.6 is 15.9 Å². The lowest BCUT2D eigenvalue weighted by atomic mass is 10.2. The van der Waals surface area contributed by atoms with Crippen molar-refractivity contribution in [1.82, 2.24) is 0 Å². The maximum Gasteiger partial charge on any atom is 0.133 e. The minimum Gasteiger partial charge on any atom is -0.497 e. The molecule has 0 aliphatic carbocycles. The van der Waals surface area contributed by atoms with Crippen LogP contribution in [0.1, 0.15) is 19.3 Å². The van der Waals surface area contributed by atoms with E-state index in [0.717, 1.165) is 48.4 Å². The standard InChI is InChI=1S/C12H18BrNO2/c1-15-10-5-6-12(11(13)9-10)16-8-4-2-3-7-14/h5-6,9H,2-4,7-8,14H2,1H3. The van der Waals surface area contributed by atoms with Crippen LogP contribution in [0.2, 0.25) is 0 Å². The van der Waals surface area contributed by atoms with Gasteiger partial charge in [-0.05, 0) is 59.9 Å². The lowest BCUT2D eigenvalue weighted by molar-refractivity contribution is 0.303. The van der Waals surface area contributed by atoms with Gasteiger partial charge in [0.1, 0.15) is 11.5 Å². The molecule has 0 radical (unpaired) electrons. The van der Waals surface area contributed by atoms with E-state index < -0.39 is 0 Å². The Labute approximate surface area is 105 Å². The molecule has 0 fully saturated rings. The van der Waals surface area contributed by atoms with Crippen molar-refractivity contribution < 1.29 is 9.47 Å². The minimum absolute atomic E-state index is 0.727. The highest BCUT2D eigenvalue weighted by Gasteiger charge is 2.02. The summed E-state index contributed by atoms with van der Waals surface area (Å²) in [4.78, 5) is 0. The number of unbranched alkanes of at least 4 members (excludes halogenated alkanes) is 2. The van der Waals surface area contributed by atoms with E-state index in [1.807, 2.05) is 18.2 Å². The molecule has 1 rings (SSSR count). The second kappa shape index (κ2) is 7.52. The minimum atomic E-state index is 0.727. The molecule has 0 heterocycles. The Morgan fingerprint density at radius 1 is 1.25 bits per heavy atom. The van der Waals surface area contributed by atoms with E-state index in [-0.39, 0.29) is 0 Å². The average Bonchev–Trinajstić information content (AvgIpc) is 2.30. The first-order valence-corrected chi connectivity index (χ1v) is 6.23. The van der Waals surface area contributed by atoms with Crippen LogP contribution in [-0.4, -0.2) is 20.3 Å². The first-order chi connectivity index (χ1) is 7.77. The third kappa shape index (κ3) is 4.41. The van der Waals surface area contributed by atoms with Crippen molar-refractivity contribution in [1.29, 1.82) is 0 Å². The number of ether oxygens (including phenoxy) is 2. The van der Waals surface area contributed by atoms with Crippen LogP contribution in [0.3, 0.4) is 0 Å². The number of methoxy groups -OCH3 is 1. The molecule has 0 aliphatic heterocycles. The molecule has 1 aromatic rings. The molecule has 0 amide bonds. The molecular formula is C12H18BrNO2. The summed E-state index contributed by atoms with van der Waals surface area (Å²) in [5.41, 5.74) is 5.42. The fourth-order valence-electron chi connectivity index (χ4n) is 1.33. The van der Waals surface area contributed by atoms with Crippen molar-refractivity contribution in [3.63, 3.8) is 0 Å². The topological polar surface area (TPSA) is 44.5 Å². The quantitative estimate of drug-likeness (QED) is 0.784. The third-order valence-electron chi connectivity index (χ3n) is 2.25. The Bertz CT molecular complexity index is 318. The highest BCUT2D eigenvalue weighted by atomic mass is 79.9. The average molecular weight is 288 g/mol. The lowest BCUT2D eigenvalue weighted by Crippen LogP contribution is -2.01. The fraction of sp³-hybridized carbons (Fsp3) is 0.500. The zero-order valence-electron chi connectivity index (χ0n) is 9.54. The number of halogens is 1. The molecule has 0 saturated carbocycles. The SMILES string of the molecule is COc1ccc(OCCCCCN)c(Br)c1. The number of hydrogen-bond donors (Lipinski definition) is 1. The maximum absolute atomic E-state index is 5.64. The van der Waals surface area contributed by atoms with Gasteiger partial charge in [0.25, 0.3) is 0 Å². The summed E-state index contributed by atoms with van der Waals surface area (Å²) in [5.74, 6) is 1.68. The smallest absolute Gasteiger partial charge is 0.133 e. The van der Waals surface area contributed by atoms with Gasteiger partial charge in [-0.25, -0.2) is 0 Å². The number of rotatable bonds is 7. The van der Waals surface area contributed by atoms with Crippen LogP contribution < -0.4 is 15.2 Å². The first kappa shape index (κ1) is 13.3. The summed E-state index contributed by atoms with van der Waals surface area (Å²) in [6.07, 6.45) is 3.22. The molecule has 2 N–H and O–H groups in total. The third-order valence-corrected chi connectivity index (χ3v) is 2.86. The Morgan fingerprint density at radius 3 is 2.69 bits per heavy atom. The molecule has 0 saturated heterocycles. The van der Waals surface area contributed by atoms with E-state index in [2.05, 4.69) is 15.9 Å². The summed E-state index contributed by atoms with van der Waals surface area (Å²) in [5, 5.41) is 0. The van der Waals surface area contributed by atoms with Crippen LogP contribution in [-0.2, 0) is 0 Å². The Balaban J connectivity index is 2.36. The maximum atomic E-state index is 5.64. The molecule has 4 heteroatoms. The van der Waals surface area contributed by atoms with Crippen molar-refractivity contribution >= 4 is 15.9 Å². The second-order valence-corrected chi connectivity index (χ2v) is 4.35. The van der Waals surface area contributed by atoms with Gasteiger partial charge in [0.15, 0.2) is 0 Å². The summed E-state index contributed by atoms with van der Waals surface area (Å²) in [6.45, 7) is 1.48. The normalized spacial score (nSPS) is 10.2. The second-order valence-electron chi connectivity index (χ2n) is 3.49. The number of hydrogen-bond acceptors (Lipinski definition) is 3. The van der Waals surface area contributed by atoms with Gasteiger partial charge in [0, 0.05) is 0 Å². The number of benzene rings is 1.